The van der Waals surface area contributed by atoms with E-state index in [1.54, 1.807) is 12.1 Å². The normalized spacial score (nSPS) is 21.7. The molecule has 25 heavy (non-hydrogen) atoms. The van der Waals surface area contributed by atoms with Gasteiger partial charge in [-0.25, -0.2) is 16.8 Å². The monoisotopic (exact) mass is 379 g/mol. The number of hydrogen-bond acceptors (Lipinski definition) is 4. The standard InChI is InChI=1S/C18H21NO4S2/c1-14-12-19(18(14)16-8-4-3-5-9-16)25(22,23)13-15-7-6-10-17(11-15)24(2,20)21/h3-11,14,18H,12-13H2,1-2H3. The van der Waals surface area contributed by atoms with E-state index in [9.17, 15) is 16.8 Å². The minimum absolute atomic E-state index is 0.136. The first kappa shape index (κ1) is 18.1. The van der Waals surface area contributed by atoms with E-state index in [0.717, 1.165) is 11.8 Å². The molecule has 1 heterocycles. The molecule has 7 heteroatoms. The lowest BCUT2D eigenvalue weighted by molar-refractivity contribution is 0.116. The van der Waals surface area contributed by atoms with Crippen molar-refractivity contribution in [3.63, 3.8) is 0 Å². The summed E-state index contributed by atoms with van der Waals surface area (Å²) in [7, 11) is -6.89. The van der Waals surface area contributed by atoms with Crippen molar-refractivity contribution >= 4 is 19.9 Å². The highest BCUT2D eigenvalue weighted by molar-refractivity contribution is 7.90. The van der Waals surface area contributed by atoms with Crippen molar-refractivity contribution in [2.24, 2.45) is 5.92 Å². The number of sulfonamides is 1. The molecule has 0 aliphatic carbocycles. The van der Waals surface area contributed by atoms with Crippen LogP contribution in [0.4, 0.5) is 0 Å². The quantitative estimate of drug-likeness (QED) is 0.801. The van der Waals surface area contributed by atoms with Gasteiger partial charge in [0.15, 0.2) is 9.84 Å². The van der Waals surface area contributed by atoms with Crippen LogP contribution < -0.4 is 0 Å². The maximum absolute atomic E-state index is 12.8. The van der Waals surface area contributed by atoms with Gasteiger partial charge in [0, 0.05) is 12.8 Å². The summed E-state index contributed by atoms with van der Waals surface area (Å²) in [5, 5.41) is 0. The van der Waals surface area contributed by atoms with Crippen LogP contribution in [0.2, 0.25) is 0 Å². The topological polar surface area (TPSA) is 71.5 Å². The van der Waals surface area contributed by atoms with Gasteiger partial charge >= 0.3 is 0 Å². The van der Waals surface area contributed by atoms with Crippen LogP contribution in [0.25, 0.3) is 0 Å². The molecule has 1 fully saturated rings. The molecule has 1 saturated heterocycles. The molecule has 1 aliphatic heterocycles. The van der Waals surface area contributed by atoms with Crippen molar-refractivity contribution in [3.05, 3.63) is 65.7 Å². The molecule has 1 aliphatic rings. The van der Waals surface area contributed by atoms with Gasteiger partial charge in [-0.3, -0.25) is 0 Å². The smallest absolute Gasteiger partial charge is 0.218 e. The van der Waals surface area contributed by atoms with Crippen LogP contribution >= 0.6 is 0 Å². The lowest BCUT2D eigenvalue weighted by Crippen LogP contribution is -2.51. The van der Waals surface area contributed by atoms with E-state index >= 15 is 0 Å². The third-order valence-corrected chi connectivity index (χ3v) is 7.39. The summed E-state index contributed by atoms with van der Waals surface area (Å²) < 4.78 is 50.6. The zero-order valence-corrected chi connectivity index (χ0v) is 15.8. The predicted molar refractivity (Wildman–Crippen MR) is 97.2 cm³/mol. The van der Waals surface area contributed by atoms with E-state index in [1.165, 1.54) is 16.4 Å². The fourth-order valence-corrected chi connectivity index (χ4v) is 5.83. The van der Waals surface area contributed by atoms with Gasteiger partial charge in [0.25, 0.3) is 0 Å². The fourth-order valence-electron chi connectivity index (χ4n) is 3.23. The molecule has 2 aromatic carbocycles. The van der Waals surface area contributed by atoms with E-state index in [4.69, 9.17) is 0 Å². The average molecular weight is 380 g/mol. The molecule has 2 aromatic rings. The molecule has 0 aromatic heterocycles. The Labute approximate surface area is 149 Å². The summed E-state index contributed by atoms with van der Waals surface area (Å²) in [5.74, 6) is 0.0476. The summed E-state index contributed by atoms with van der Waals surface area (Å²) in [6, 6.07) is 15.6. The Kier molecular flexibility index (Phi) is 4.74. The minimum Gasteiger partial charge on any atom is -0.224 e. The average Bonchev–Trinajstić information content (AvgIpc) is 2.52. The summed E-state index contributed by atoms with van der Waals surface area (Å²) in [6.07, 6.45) is 1.11. The molecule has 5 nitrogen and oxygen atoms in total. The van der Waals surface area contributed by atoms with Crippen molar-refractivity contribution in [1.82, 2.24) is 4.31 Å². The first-order valence-electron chi connectivity index (χ1n) is 8.02. The molecule has 0 bridgehead atoms. The third-order valence-electron chi connectivity index (χ3n) is 4.49. The van der Waals surface area contributed by atoms with E-state index in [2.05, 4.69) is 0 Å². The Morgan fingerprint density at radius 2 is 1.68 bits per heavy atom. The highest BCUT2D eigenvalue weighted by Crippen LogP contribution is 2.41. The second-order valence-electron chi connectivity index (χ2n) is 6.58. The van der Waals surface area contributed by atoms with Gasteiger partial charge in [-0.15, -0.1) is 0 Å². The molecule has 0 saturated carbocycles. The van der Waals surface area contributed by atoms with Crippen LogP contribution in [0, 0.1) is 5.92 Å². The third kappa shape index (κ3) is 3.78. The number of rotatable bonds is 5. The fraction of sp³-hybridized carbons (Fsp3) is 0.333. The Morgan fingerprint density at radius 1 is 1.00 bits per heavy atom. The van der Waals surface area contributed by atoms with Crippen LogP contribution in [0.5, 0.6) is 0 Å². The number of hydrogen-bond donors (Lipinski definition) is 0. The van der Waals surface area contributed by atoms with E-state index in [1.807, 2.05) is 37.3 Å². The number of nitrogens with zero attached hydrogens (tertiary/aromatic N) is 1. The highest BCUT2D eigenvalue weighted by Gasteiger charge is 2.43. The molecule has 3 rings (SSSR count). The molecule has 0 spiro atoms. The van der Waals surface area contributed by atoms with Crippen LogP contribution in [0.15, 0.2) is 59.5 Å². The summed E-state index contributed by atoms with van der Waals surface area (Å²) in [5.41, 5.74) is 1.46. The van der Waals surface area contributed by atoms with Crippen molar-refractivity contribution < 1.29 is 16.8 Å². The van der Waals surface area contributed by atoms with Gasteiger partial charge in [-0.2, -0.15) is 4.31 Å². The molecule has 2 atom stereocenters. The predicted octanol–water partition coefficient (Wildman–Crippen LogP) is 2.61. The van der Waals surface area contributed by atoms with Gasteiger partial charge in [-0.1, -0.05) is 49.4 Å². The van der Waals surface area contributed by atoms with E-state index < -0.39 is 19.9 Å². The second-order valence-corrected chi connectivity index (χ2v) is 10.5. The number of benzene rings is 2. The minimum atomic E-state index is -3.53. The van der Waals surface area contributed by atoms with Crippen LogP contribution in [0.3, 0.4) is 0 Å². The molecule has 0 N–H and O–H groups in total. The molecular formula is C18H21NO4S2. The second kappa shape index (κ2) is 6.55. The van der Waals surface area contributed by atoms with Crippen LogP contribution in [0.1, 0.15) is 24.1 Å². The Balaban J connectivity index is 1.85. The van der Waals surface area contributed by atoms with Gasteiger partial charge in [-0.05, 0) is 29.2 Å². The maximum atomic E-state index is 12.8. The Morgan fingerprint density at radius 3 is 2.28 bits per heavy atom. The highest BCUT2D eigenvalue weighted by atomic mass is 32.2. The molecule has 0 radical (unpaired) electrons. The summed E-state index contributed by atoms with van der Waals surface area (Å²) in [6.45, 7) is 2.52. The van der Waals surface area contributed by atoms with Gasteiger partial charge < -0.3 is 0 Å². The zero-order valence-electron chi connectivity index (χ0n) is 14.2. The van der Waals surface area contributed by atoms with Crippen molar-refractivity contribution in [2.75, 3.05) is 12.8 Å². The van der Waals surface area contributed by atoms with Gasteiger partial charge in [0.2, 0.25) is 10.0 Å². The van der Waals surface area contributed by atoms with E-state index in [0.29, 0.717) is 12.1 Å². The zero-order chi connectivity index (χ0) is 18.2. The van der Waals surface area contributed by atoms with Crippen LogP contribution in [-0.4, -0.2) is 33.9 Å². The van der Waals surface area contributed by atoms with Crippen molar-refractivity contribution in [3.8, 4) is 0 Å². The first-order chi connectivity index (χ1) is 11.7. The van der Waals surface area contributed by atoms with Crippen molar-refractivity contribution in [1.29, 1.82) is 0 Å². The lowest BCUT2D eigenvalue weighted by atomic mass is 9.88. The van der Waals surface area contributed by atoms with Crippen LogP contribution in [-0.2, 0) is 25.6 Å². The first-order valence-corrected chi connectivity index (χ1v) is 11.5. The van der Waals surface area contributed by atoms with Gasteiger partial charge in [0.05, 0.1) is 16.7 Å². The molecular weight excluding hydrogens is 358 g/mol. The molecule has 0 amide bonds. The SMILES string of the molecule is CC1CN(S(=O)(=O)Cc2cccc(S(C)(=O)=O)c2)C1c1ccccc1. The maximum Gasteiger partial charge on any atom is 0.218 e. The summed E-state index contributed by atoms with van der Waals surface area (Å²) >= 11 is 0. The summed E-state index contributed by atoms with van der Waals surface area (Å²) in [4.78, 5) is 0.136. The molecule has 2 unspecified atom stereocenters. The Bertz CT molecular complexity index is 969. The largest absolute Gasteiger partial charge is 0.224 e. The van der Waals surface area contributed by atoms with Gasteiger partial charge in [0.1, 0.15) is 0 Å². The molecule has 134 valence electrons. The van der Waals surface area contributed by atoms with Crippen molar-refractivity contribution in [2.45, 2.75) is 23.6 Å². The number of sulfone groups is 1. The van der Waals surface area contributed by atoms with E-state index in [-0.39, 0.29) is 22.6 Å². The lowest BCUT2D eigenvalue weighted by Gasteiger charge is -2.45. The Hall–Kier alpha value is -1.70.